The Morgan fingerprint density at radius 3 is 2.36 bits per heavy atom. The maximum atomic E-state index is 12.5. The monoisotopic (exact) mass is 342 g/mol. The Morgan fingerprint density at radius 2 is 1.68 bits per heavy atom. The van der Waals surface area contributed by atoms with E-state index in [2.05, 4.69) is 10.2 Å². The third-order valence-electron chi connectivity index (χ3n) is 5.64. The molecule has 4 nitrogen and oxygen atoms in total. The van der Waals surface area contributed by atoms with Gasteiger partial charge in [-0.05, 0) is 57.2 Å². The van der Waals surface area contributed by atoms with Crippen LogP contribution in [0, 0.1) is 5.92 Å². The molecule has 1 saturated heterocycles. The summed E-state index contributed by atoms with van der Waals surface area (Å²) in [6.45, 7) is 4.86. The van der Waals surface area contributed by atoms with Crippen LogP contribution in [0.3, 0.4) is 0 Å². The molecule has 3 rings (SSSR count). The molecule has 1 unspecified atom stereocenters. The standard InChI is InChI=1S/C21H30N2O2/c1-16(24)18-9-11-19(12-10-18)21(25)22-20-8-5-13-23(15-20)14-17-6-3-2-4-7-17/h9-12,17,20H,2-8,13-15H2,1H3,(H,22,25). The quantitative estimate of drug-likeness (QED) is 0.831. The predicted molar refractivity (Wildman–Crippen MR) is 99.9 cm³/mol. The summed E-state index contributed by atoms with van der Waals surface area (Å²) in [5, 5.41) is 3.19. The average molecular weight is 342 g/mol. The van der Waals surface area contributed by atoms with Gasteiger partial charge in [-0.3, -0.25) is 9.59 Å². The molecule has 1 atom stereocenters. The van der Waals surface area contributed by atoms with Crippen LogP contribution >= 0.6 is 0 Å². The van der Waals surface area contributed by atoms with Crippen molar-refractivity contribution in [2.24, 2.45) is 5.92 Å². The summed E-state index contributed by atoms with van der Waals surface area (Å²) in [5.41, 5.74) is 1.28. The highest BCUT2D eigenvalue weighted by Gasteiger charge is 2.24. The van der Waals surface area contributed by atoms with E-state index in [4.69, 9.17) is 0 Å². The van der Waals surface area contributed by atoms with Gasteiger partial charge in [-0.15, -0.1) is 0 Å². The summed E-state index contributed by atoms with van der Waals surface area (Å²) in [4.78, 5) is 26.4. The van der Waals surface area contributed by atoms with Gasteiger partial charge in [0.15, 0.2) is 5.78 Å². The Bertz CT molecular complexity index is 590. The summed E-state index contributed by atoms with van der Waals surface area (Å²) in [5.74, 6) is 0.847. The van der Waals surface area contributed by atoms with Crippen molar-refractivity contribution in [2.75, 3.05) is 19.6 Å². The van der Waals surface area contributed by atoms with Gasteiger partial charge in [-0.2, -0.15) is 0 Å². The smallest absolute Gasteiger partial charge is 0.251 e. The highest BCUT2D eigenvalue weighted by atomic mass is 16.1. The lowest BCUT2D eigenvalue weighted by Crippen LogP contribution is -2.48. The minimum absolute atomic E-state index is 0.0255. The fourth-order valence-corrected chi connectivity index (χ4v) is 4.20. The van der Waals surface area contributed by atoms with Gasteiger partial charge < -0.3 is 10.2 Å². The zero-order valence-electron chi connectivity index (χ0n) is 15.3. The van der Waals surface area contributed by atoms with Gasteiger partial charge >= 0.3 is 0 Å². The van der Waals surface area contributed by atoms with Crippen molar-refractivity contribution >= 4 is 11.7 Å². The first-order valence-corrected chi connectivity index (χ1v) is 9.76. The van der Waals surface area contributed by atoms with Crippen molar-refractivity contribution in [1.29, 1.82) is 0 Å². The normalized spacial score (nSPS) is 22.5. The first kappa shape index (κ1) is 18.1. The second-order valence-electron chi connectivity index (χ2n) is 7.71. The van der Waals surface area contributed by atoms with E-state index in [0.717, 1.165) is 31.8 Å². The van der Waals surface area contributed by atoms with E-state index in [1.165, 1.54) is 45.6 Å². The average Bonchev–Trinajstić information content (AvgIpc) is 2.63. The van der Waals surface area contributed by atoms with Crippen molar-refractivity contribution in [3.8, 4) is 0 Å². The summed E-state index contributed by atoms with van der Waals surface area (Å²) in [6, 6.07) is 7.18. The molecule has 0 bridgehead atoms. The second-order valence-corrected chi connectivity index (χ2v) is 7.71. The van der Waals surface area contributed by atoms with Gasteiger partial charge in [0, 0.05) is 30.3 Å². The lowest BCUT2D eigenvalue weighted by molar-refractivity contribution is 0.0889. The van der Waals surface area contributed by atoms with E-state index in [9.17, 15) is 9.59 Å². The third-order valence-corrected chi connectivity index (χ3v) is 5.64. The number of ketones is 1. The molecule has 0 radical (unpaired) electrons. The Morgan fingerprint density at radius 1 is 1.00 bits per heavy atom. The first-order chi connectivity index (χ1) is 12.1. The van der Waals surface area contributed by atoms with Gasteiger partial charge in [0.25, 0.3) is 5.91 Å². The molecular formula is C21H30N2O2. The van der Waals surface area contributed by atoms with Gasteiger partial charge in [0.1, 0.15) is 0 Å². The Balaban J connectivity index is 1.51. The molecule has 2 aliphatic rings. The van der Waals surface area contributed by atoms with Gasteiger partial charge in [0.2, 0.25) is 0 Å². The maximum Gasteiger partial charge on any atom is 0.251 e. The second kappa shape index (κ2) is 8.61. The molecule has 136 valence electrons. The Hall–Kier alpha value is -1.68. The first-order valence-electron chi connectivity index (χ1n) is 9.76. The number of rotatable bonds is 5. The fourth-order valence-electron chi connectivity index (χ4n) is 4.20. The number of likely N-dealkylation sites (tertiary alicyclic amines) is 1. The van der Waals surface area contributed by atoms with Crippen LogP contribution in [0.1, 0.15) is 72.6 Å². The number of nitrogens with one attached hydrogen (secondary N) is 1. The van der Waals surface area contributed by atoms with Crippen LogP contribution in [0.5, 0.6) is 0 Å². The largest absolute Gasteiger partial charge is 0.348 e. The predicted octanol–water partition coefficient (Wildman–Crippen LogP) is 3.66. The number of Topliss-reactive ketones (excluding diaryl/α,β-unsaturated/α-hetero) is 1. The van der Waals surface area contributed by atoms with E-state index in [1.807, 2.05) is 0 Å². The van der Waals surface area contributed by atoms with E-state index in [0.29, 0.717) is 11.1 Å². The molecule has 1 aliphatic carbocycles. The van der Waals surface area contributed by atoms with Crippen LogP contribution < -0.4 is 5.32 Å². The molecule has 1 aromatic carbocycles. The molecule has 1 aliphatic heterocycles. The van der Waals surface area contributed by atoms with E-state index in [-0.39, 0.29) is 17.7 Å². The number of amides is 1. The van der Waals surface area contributed by atoms with Crippen LogP contribution in [0.4, 0.5) is 0 Å². The Labute approximate surface area is 151 Å². The summed E-state index contributed by atoms with van der Waals surface area (Å²) in [6.07, 6.45) is 9.12. The molecule has 25 heavy (non-hydrogen) atoms. The zero-order chi connectivity index (χ0) is 17.6. The fraction of sp³-hybridized carbons (Fsp3) is 0.619. The summed E-state index contributed by atoms with van der Waals surface area (Å²) in [7, 11) is 0. The Kier molecular flexibility index (Phi) is 6.24. The van der Waals surface area contributed by atoms with Crippen molar-refractivity contribution in [3.05, 3.63) is 35.4 Å². The summed E-state index contributed by atoms with van der Waals surface area (Å²) >= 11 is 0. The highest BCUT2D eigenvalue weighted by molar-refractivity contribution is 5.97. The highest BCUT2D eigenvalue weighted by Crippen LogP contribution is 2.25. The number of piperidine rings is 1. The molecule has 1 amide bonds. The van der Waals surface area contributed by atoms with Crippen LogP contribution in [0.15, 0.2) is 24.3 Å². The molecule has 0 spiro atoms. The van der Waals surface area contributed by atoms with E-state index in [1.54, 1.807) is 24.3 Å². The van der Waals surface area contributed by atoms with Crippen molar-refractivity contribution in [3.63, 3.8) is 0 Å². The zero-order valence-corrected chi connectivity index (χ0v) is 15.3. The number of hydrogen-bond acceptors (Lipinski definition) is 3. The van der Waals surface area contributed by atoms with Crippen LogP contribution in [-0.4, -0.2) is 42.3 Å². The lowest BCUT2D eigenvalue weighted by atomic mass is 9.88. The molecular weight excluding hydrogens is 312 g/mol. The molecule has 4 heteroatoms. The number of benzene rings is 1. The number of carbonyl (C=O) groups is 2. The van der Waals surface area contributed by atoms with E-state index >= 15 is 0 Å². The molecule has 1 N–H and O–H groups in total. The third kappa shape index (κ3) is 5.15. The number of hydrogen-bond donors (Lipinski definition) is 1. The topological polar surface area (TPSA) is 49.4 Å². The van der Waals surface area contributed by atoms with Crippen LogP contribution in [-0.2, 0) is 0 Å². The van der Waals surface area contributed by atoms with Gasteiger partial charge in [-0.1, -0.05) is 31.4 Å². The summed E-state index contributed by atoms with van der Waals surface area (Å²) < 4.78 is 0. The molecule has 0 aromatic heterocycles. The van der Waals surface area contributed by atoms with Gasteiger partial charge in [-0.25, -0.2) is 0 Å². The SMILES string of the molecule is CC(=O)c1ccc(C(=O)NC2CCCN(CC3CCCCC3)C2)cc1. The lowest BCUT2D eigenvalue weighted by Gasteiger charge is -2.36. The molecule has 1 heterocycles. The van der Waals surface area contributed by atoms with E-state index < -0.39 is 0 Å². The molecule has 1 aromatic rings. The van der Waals surface area contributed by atoms with Crippen molar-refractivity contribution in [1.82, 2.24) is 10.2 Å². The van der Waals surface area contributed by atoms with Gasteiger partial charge in [0.05, 0.1) is 0 Å². The minimum atomic E-state index is -0.0281. The maximum absolute atomic E-state index is 12.5. The van der Waals surface area contributed by atoms with Crippen LogP contribution in [0.25, 0.3) is 0 Å². The molecule has 2 fully saturated rings. The van der Waals surface area contributed by atoms with Crippen molar-refractivity contribution < 1.29 is 9.59 Å². The van der Waals surface area contributed by atoms with Crippen molar-refractivity contribution in [2.45, 2.75) is 57.9 Å². The number of nitrogens with zero attached hydrogens (tertiary/aromatic N) is 1. The molecule has 1 saturated carbocycles. The number of carbonyl (C=O) groups excluding carboxylic acids is 2. The van der Waals surface area contributed by atoms with Crippen LogP contribution in [0.2, 0.25) is 0 Å². The minimum Gasteiger partial charge on any atom is -0.348 e.